The zero-order valence-corrected chi connectivity index (χ0v) is 21.7. The van der Waals surface area contributed by atoms with E-state index in [0.717, 1.165) is 5.21 Å². The Labute approximate surface area is 183 Å². The molecule has 0 amide bonds. The van der Waals surface area contributed by atoms with Crippen LogP contribution in [0.25, 0.3) is 0 Å². The van der Waals surface area contributed by atoms with E-state index in [-0.39, 0.29) is 19.8 Å². The van der Waals surface area contributed by atoms with Crippen molar-refractivity contribution in [3.63, 3.8) is 0 Å². The molecule has 0 saturated carbocycles. The van der Waals surface area contributed by atoms with Gasteiger partial charge in [-0.25, -0.2) is 0 Å². The summed E-state index contributed by atoms with van der Waals surface area (Å²) in [6.07, 6.45) is 0. The first-order valence-electron chi connectivity index (χ1n) is 10.1. The molecule has 0 aromatic rings. The van der Waals surface area contributed by atoms with Crippen LogP contribution >= 0.6 is 7.82 Å². The first kappa shape index (κ1) is 30.4. The molecular formula is C18H41AsO10P. The van der Waals surface area contributed by atoms with Crippen LogP contribution in [-0.4, -0.2) is 111 Å². The number of ether oxygens (including phenoxy) is 6. The van der Waals surface area contributed by atoms with Crippen molar-refractivity contribution in [1.29, 1.82) is 0 Å². The van der Waals surface area contributed by atoms with Crippen LogP contribution in [0.3, 0.4) is 0 Å². The van der Waals surface area contributed by atoms with Gasteiger partial charge in [-0.05, 0) is 0 Å². The van der Waals surface area contributed by atoms with Crippen molar-refractivity contribution in [1.82, 2.24) is 0 Å². The van der Waals surface area contributed by atoms with Crippen LogP contribution in [-0.2, 0) is 42.0 Å². The molecule has 0 aromatic heterocycles. The maximum atomic E-state index is 11.7. The van der Waals surface area contributed by atoms with Crippen LogP contribution in [0.4, 0.5) is 0 Å². The van der Waals surface area contributed by atoms with E-state index in [2.05, 4.69) is 17.1 Å². The van der Waals surface area contributed by atoms with Crippen LogP contribution in [0, 0.1) is 0 Å². The second kappa shape index (κ2) is 20.1. The van der Waals surface area contributed by atoms with E-state index in [1.165, 1.54) is 0 Å². The minimum atomic E-state index is -3.99. The minimum absolute atomic E-state index is 0.00995. The van der Waals surface area contributed by atoms with Crippen molar-refractivity contribution >= 4 is 21.4 Å². The third-order valence-corrected chi connectivity index (χ3v) is 7.63. The summed E-state index contributed by atoms with van der Waals surface area (Å²) in [7, 11) is -2.36. The molecule has 0 aliphatic heterocycles. The predicted molar refractivity (Wildman–Crippen MR) is 116 cm³/mol. The Kier molecular flexibility index (Phi) is 20.4. The molecule has 183 valence electrons. The molecule has 10 nitrogen and oxygen atoms in total. The van der Waals surface area contributed by atoms with Gasteiger partial charge in [-0.15, -0.1) is 0 Å². The van der Waals surface area contributed by atoms with Crippen LogP contribution in [0.15, 0.2) is 0 Å². The zero-order valence-electron chi connectivity index (χ0n) is 18.9. The van der Waals surface area contributed by atoms with E-state index in [1.54, 1.807) is 7.11 Å². The molecule has 0 rings (SSSR count). The number of methoxy groups -OCH3 is 1. The average molecular weight is 523 g/mol. The van der Waals surface area contributed by atoms with Gasteiger partial charge in [0.2, 0.25) is 0 Å². The van der Waals surface area contributed by atoms with Crippen molar-refractivity contribution in [3.8, 4) is 0 Å². The van der Waals surface area contributed by atoms with Crippen LogP contribution < -0.4 is 0 Å². The Morgan fingerprint density at radius 1 is 0.600 bits per heavy atom. The molecule has 1 N–H and O–H groups in total. The Morgan fingerprint density at radius 2 is 0.933 bits per heavy atom. The molecule has 0 saturated heterocycles. The Morgan fingerprint density at radius 3 is 1.30 bits per heavy atom. The Balaban J connectivity index is 3.26. The topological polar surface area (TPSA) is 111 Å². The second-order valence-electron chi connectivity index (χ2n) is 7.20. The SMILES string of the molecule is COCCOCCOCCOCCOCCOCCOP(=O)(O)OCC[As](C)(C)C. The molecule has 30 heavy (non-hydrogen) atoms. The van der Waals surface area contributed by atoms with Gasteiger partial charge < -0.3 is 18.9 Å². The third-order valence-electron chi connectivity index (χ3n) is 3.42. The summed E-state index contributed by atoms with van der Waals surface area (Å²) in [5.41, 5.74) is 6.60. The first-order chi connectivity index (χ1) is 14.3. The van der Waals surface area contributed by atoms with Gasteiger partial charge in [0.15, 0.2) is 0 Å². The monoisotopic (exact) mass is 523 g/mol. The number of hydrogen-bond acceptors (Lipinski definition) is 9. The Hall–Kier alpha value is 0.428. The van der Waals surface area contributed by atoms with Gasteiger partial charge in [-0.3, -0.25) is 0 Å². The van der Waals surface area contributed by atoms with E-state index in [4.69, 9.17) is 37.5 Å². The van der Waals surface area contributed by atoms with Gasteiger partial charge in [-0.1, -0.05) is 0 Å². The summed E-state index contributed by atoms with van der Waals surface area (Å²) in [6.45, 7) is 5.35. The molecule has 0 fully saturated rings. The fourth-order valence-electron chi connectivity index (χ4n) is 1.80. The standard InChI is InChI=1S/C18H41AsO10P/c1-19(2,3)5-6-28-30(20,21)29-18-17-27-16-15-26-14-13-25-12-11-24-10-9-23-8-7-22-4/h5-18H2,1-4H3,(H,20,21). The van der Waals surface area contributed by atoms with E-state index >= 15 is 0 Å². The van der Waals surface area contributed by atoms with Gasteiger partial charge in [0.05, 0.1) is 46.2 Å². The van der Waals surface area contributed by atoms with E-state index in [1.807, 2.05) is 0 Å². The first-order valence-corrected chi connectivity index (χ1v) is 18.5. The summed E-state index contributed by atoms with van der Waals surface area (Å²) in [5, 5.41) is 0.834. The van der Waals surface area contributed by atoms with Gasteiger partial charge in [0.25, 0.3) is 0 Å². The molecule has 0 bridgehead atoms. The second-order valence-corrected chi connectivity index (χ2v) is 19.2. The quantitative estimate of drug-likeness (QED) is 0.122. The molecule has 1 unspecified atom stereocenters. The average Bonchev–Trinajstić information content (AvgIpc) is 2.65. The van der Waals surface area contributed by atoms with Crippen LogP contribution in [0.5, 0.6) is 0 Å². The predicted octanol–water partition coefficient (Wildman–Crippen LogP) is 2.19. The van der Waals surface area contributed by atoms with Crippen molar-refractivity contribution in [2.75, 3.05) is 93.0 Å². The molecule has 0 aliphatic carbocycles. The van der Waals surface area contributed by atoms with Crippen molar-refractivity contribution in [2.45, 2.75) is 22.3 Å². The van der Waals surface area contributed by atoms with Gasteiger partial charge in [0.1, 0.15) is 0 Å². The molecule has 1 atom stereocenters. The van der Waals surface area contributed by atoms with Gasteiger partial charge in [-0.2, -0.15) is 0 Å². The van der Waals surface area contributed by atoms with E-state index in [0.29, 0.717) is 66.1 Å². The molecule has 12 heteroatoms. The maximum absolute atomic E-state index is 11.7. The fourth-order valence-corrected chi connectivity index (χ4v) is 4.16. The molecule has 0 heterocycles. The van der Waals surface area contributed by atoms with Crippen molar-refractivity contribution in [2.24, 2.45) is 0 Å². The fraction of sp³-hybridized carbons (Fsp3) is 1.00. The molecular weight excluding hydrogens is 482 g/mol. The van der Waals surface area contributed by atoms with Crippen LogP contribution in [0.2, 0.25) is 22.3 Å². The number of phosphoric ester groups is 1. The Bertz CT molecular complexity index is 422. The van der Waals surface area contributed by atoms with E-state index < -0.39 is 21.4 Å². The number of hydrogen-bond donors (Lipinski definition) is 1. The summed E-state index contributed by atoms with van der Waals surface area (Å²) < 4.78 is 53.0. The molecule has 0 aliphatic rings. The van der Waals surface area contributed by atoms with Crippen LogP contribution in [0.1, 0.15) is 0 Å². The van der Waals surface area contributed by atoms with Gasteiger partial charge >= 0.3 is 111 Å². The molecule has 1 radical (unpaired) electrons. The molecule has 0 aromatic carbocycles. The van der Waals surface area contributed by atoms with Crippen molar-refractivity contribution < 1.29 is 46.9 Å². The van der Waals surface area contributed by atoms with E-state index in [9.17, 15) is 9.46 Å². The number of rotatable bonds is 23. The number of phosphoric acid groups is 1. The summed E-state index contributed by atoms with van der Waals surface area (Å²) >= 11 is -1.63. The zero-order chi connectivity index (χ0) is 22.6. The normalized spacial score (nSPS) is 14.2. The summed E-state index contributed by atoms with van der Waals surface area (Å²) in [5.74, 6) is 0. The molecule has 0 spiro atoms. The summed E-state index contributed by atoms with van der Waals surface area (Å²) in [4.78, 5) is 9.56. The third kappa shape index (κ3) is 24.7. The summed E-state index contributed by atoms with van der Waals surface area (Å²) in [6, 6.07) is 0. The van der Waals surface area contributed by atoms with Gasteiger partial charge in [0, 0.05) is 7.11 Å². The van der Waals surface area contributed by atoms with Crippen molar-refractivity contribution in [3.05, 3.63) is 0 Å².